The molecule has 0 saturated carbocycles. The Kier molecular flexibility index (Phi) is 20.0. The molecule has 0 amide bonds. The van der Waals surface area contributed by atoms with Crippen LogP contribution in [0.25, 0.3) is 0 Å². The predicted octanol–water partition coefficient (Wildman–Crippen LogP) is 1.56. The topological polar surface area (TPSA) is 465 Å². The van der Waals surface area contributed by atoms with Crippen LogP contribution in [0.4, 0.5) is 0 Å². The van der Waals surface area contributed by atoms with Crippen molar-refractivity contribution in [2.75, 3.05) is 0 Å². The molecule has 11 unspecified atom stereocenters. The van der Waals surface area contributed by atoms with Gasteiger partial charge in [-0.25, -0.2) is 0 Å². The monoisotopic (exact) mass is 904 g/mol. The lowest BCUT2D eigenvalue weighted by molar-refractivity contribution is -0.501. The van der Waals surface area contributed by atoms with Gasteiger partial charge in [0.05, 0.1) is 0 Å². The summed E-state index contributed by atoms with van der Waals surface area (Å²) in [5.74, 6) is -21.6. The van der Waals surface area contributed by atoms with Gasteiger partial charge in [0.2, 0.25) is 0 Å². The smallest absolute Gasteiger partial charge is 0.133 e. The van der Waals surface area contributed by atoms with Gasteiger partial charge in [-0.2, -0.15) is 0 Å². The van der Waals surface area contributed by atoms with Crippen molar-refractivity contribution in [1.82, 2.24) is 0 Å². The van der Waals surface area contributed by atoms with Gasteiger partial charge in [0.25, 0.3) is 0 Å². The molecule has 40 heteroatoms. The van der Waals surface area contributed by atoms with E-state index in [0.717, 1.165) is 0 Å². The second kappa shape index (κ2) is 19.9. The summed E-state index contributed by atoms with van der Waals surface area (Å²) in [6.45, 7) is 0.889. The van der Waals surface area contributed by atoms with Crippen LogP contribution in [0.3, 0.4) is 0 Å². The normalized spacial score (nSPS) is 21.4. The fourth-order valence-corrected chi connectivity index (χ4v) is 8.59. The summed E-state index contributed by atoms with van der Waals surface area (Å²) in [5.41, 5.74) is -3.72. The van der Waals surface area contributed by atoms with Gasteiger partial charge in [0.1, 0.15) is 0 Å². The number of hydrogen-bond donors (Lipinski definition) is 10. The first-order chi connectivity index (χ1) is 21.7. The second-order valence-corrected chi connectivity index (χ2v) is 13.9. The minimum absolute atomic E-state index is 0.197. The number of rotatable bonds is 25. The molecule has 0 aromatic heterocycles. The molecule has 0 radical (unpaired) electrons. The molecule has 0 fully saturated rings. The molecule has 0 aromatic carbocycles. The Hall–Kier alpha value is 0.200. The van der Waals surface area contributed by atoms with E-state index in [-0.39, 0.29) is 6.92 Å². The van der Waals surface area contributed by atoms with Crippen molar-refractivity contribution in [2.24, 2.45) is 0 Å². The highest BCUT2D eigenvalue weighted by molar-refractivity contribution is 7.35. The highest BCUT2D eigenvalue weighted by atomic mass is 31.2. The summed E-state index contributed by atoms with van der Waals surface area (Å²) in [6.07, 6.45) is -1.35. The van der Waals surface area contributed by atoms with Crippen molar-refractivity contribution in [3.8, 4) is 0 Å². The lowest BCUT2D eigenvalue weighted by Gasteiger charge is -2.44. The van der Waals surface area contributed by atoms with Crippen molar-refractivity contribution in [3.05, 3.63) is 0 Å². The third kappa shape index (κ3) is 11.9. The van der Waals surface area contributed by atoms with E-state index >= 15 is 0 Å². The summed E-state index contributed by atoms with van der Waals surface area (Å²) < 4.78 is 165. The van der Waals surface area contributed by atoms with Crippen LogP contribution in [0, 0.1) is 0 Å². The van der Waals surface area contributed by atoms with Crippen molar-refractivity contribution < 1.29 is 140 Å². The maximum atomic E-state index is 12.4. The van der Waals surface area contributed by atoms with Crippen LogP contribution in [-0.4, -0.2) is 77.9 Å². The van der Waals surface area contributed by atoms with Crippen LogP contribution in [0.5, 0.6) is 0 Å². The summed E-state index contributed by atoms with van der Waals surface area (Å²) >= 11 is 0. The largest absolute Gasteiger partial charge is 0.700 e. The van der Waals surface area contributed by atoms with E-state index < -0.39 is 118 Å². The zero-order valence-electron chi connectivity index (χ0n) is 22.3. The van der Waals surface area contributed by atoms with Gasteiger partial charge < -0.3 is 0 Å². The Morgan fingerprint density at radius 2 is 0.562 bits per heavy atom. The molecule has 0 saturated heterocycles. The summed E-state index contributed by atoms with van der Waals surface area (Å²) in [6, 6.07) is 0. The van der Waals surface area contributed by atoms with Gasteiger partial charge in [-0.3, -0.25) is 0 Å². The van der Waals surface area contributed by atoms with Gasteiger partial charge in [-0.15, -0.1) is 53.5 Å². The van der Waals surface area contributed by atoms with Crippen molar-refractivity contribution in [3.63, 3.8) is 0 Å². The molecular formula is C8H18O30P10+10. The van der Waals surface area contributed by atoms with E-state index in [2.05, 4.69) is 45.2 Å². The lowest BCUT2D eigenvalue weighted by Crippen LogP contribution is -2.83. The maximum Gasteiger partial charge on any atom is 0.700 e. The van der Waals surface area contributed by atoms with Crippen LogP contribution >= 0.6 is 82.5 Å². The van der Waals surface area contributed by atoms with Crippen molar-refractivity contribution >= 4 is 82.5 Å². The zero-order valence-corrected chi connectivity index (χ0v) is 31.3. The predicted molar refractivity (Wildman–Crippen MR) is 139 cm³/mol. The maximum absolute atomic E-state index is 12.4. The average molecular weight is 904 g/mol. The highest BCUT2D eigenvalue weighted by Gasteiger charge is 3.02. The minimum atomic E-state index is -5.65. The van der Waals surface area contributed by atoms with E-state index in [0.29, 0.717) is 6.92 Å². The molecule has 30 nitrogen and oxygen atoms in total. The molecule has 0 aliphatic rings. The molecule has 270 valence electrons. The van der Waals surface area contributed by atoms with E-state index in [1.54, 1.807) is 0 Å². The minimum Gasteiger partial charge on any atom is -0.133 e. The quantitative estimate of drug-likeness (QED) is 0.0459. The van der Waals surface area contributed by atoms with Gasteiger partial charge in [-0.05, 0) is 26.9 Å². The molecule has 0 bridgehead atoms. The van der Waals surface area contributed by atoms with Crippen molar-refractivity contribution in [2.45, 2.75) is 49.2 Å². The summed E-state index contributed by atoms with van der Waals surface area (Å²) in [7, 11) is -48.7. The summed E-state index contributed by atoms with van der Waals surface area (Å²) in [5, 5.41) is 0. The van der Waals surface area contributed by atoms with Crippen LogP contribution in [0.1, 0.15) is 20.3 Å². The zero-order chi connectivity index (χ0) is 38.1. The molecule has 0 rings (SSSR count). The van der Waals surface area contributed by atoms with Crippen LogP contribution in [-0.2, 0) is 90.9 Å². The van der Waals surface area contributed by atoms with Gasteiger partial charge >= 0.3 is 106 Å². The fraction of sp³-hybridized carbons (Fsp3) is 1.00. The first-order valence-electron chi connectivity index (χ1n) is 10.3. The van der Waals surface area contributed by atoms with Gasteiger partial charge in [0.15, 0.2) is 5.60 Å². The highest BCUT2D eigenvalue weighted by Crippen LogP contribution is 2.68. The number of hydrogen-bond acceptors (Lipinski definition) is 20. The molecular weight excluding hydrogens is 886 g/mol. The van der Waals surface area contributed by atoms with E-state index in [1.807, 2.05) is 0 Å². The van der Waals surface area contributed by atoms with Gasteiger partial charge in [-0.1, -0.05) is 34.1 Å². The van der Waals surface area contributed by atoms with E-state index in [1.165, 1.54) is 0 Å². The molecule has 0 aliphatic carbocycles. The molecule has 0 heterocycles. The molecule has 10 N–H and O–H groups in total. The van der Waals surface area contributed by atoms with Gasteiger partial charge in [0, 0.05) is 45.7 Å². The standard InChI is InChI=1S/C8H8O30P10/c1-3-4(2,29-39(9)10)5(30-40(11)12,31-41(13)14)6(32-42(15)16,33-43(17)18)7(34-44(19)20,35-45(21)22)8(36-46(23)24,37-47(25)26)38-48(27)28/h3H2,1-2H3/p+10. The third-order valence-electron chi connectivity index (χ3n) is 4.75. The first-order valence-corrected chi connectivity index (χ1v) is 21.6. The Balaban J connectivity index is 10.0. The lowest BCUT2D eigenvalue weighted by atomic mass is 9.81. The van der Waals surface area contributed by atoms with Crippen LogP contribution in [0.2, 0.25) is 0 Å². The third-order valence-corrected chi connectivity index (χ3v) is 8.98. The van der Waals surface area contributed by atoms with Crippen LogP contribution < -0.4 is 0 Å². The average Bonchev–Trinajstić information content (AvgIpc) is 2.83. The Morgan fingerprint density at radius 1 is 0.354 bits per heavy atom. The molecule has 48 heavy (non-hydrogen) atoms. The molecule has 0 spiro atoms. The molecule has 11 atom stereocenters. The Bertz CT molecular complexity index is 1270. The van der Waals surface area contributed by atoms with Crippen LogP contribution in [0.15, 0.2) is 0 Å². The SMILES string of the molecule is CCC(C)(O[P+](=O)O)C(O[P+](=O)O)(O[P+](=O)O)C(O[P+](=O)O)(O[P+](=O)O)C(O[P+](=O)O)(O[P+](=O)O)C(O[P+](=O)O)(O[P+](=O)O)O[P+](=O)O. The van der Waals surface area contributed by atoms with Crippen molar-refractivity contribution in [1.29, 1.82) is 0 Å². The fourth-order valence-electron chi connectivity index (χ4n) is 3.33. The van der Waals surface area contributed by atoms with E-state index in [4.69, 9.17) is 0 Å². The van der Waals surface area contributed by atoms with E-state index in [9.17, 15) is 94.6 Å². The second-order valence-electron chi connectivity index (χ2n) is 7.28. The first kappa shape index (κ1) is 48.2. The summed E-state index contributed by atoms with van der Waals surface area (Å²) in [4.78, 5) is 97.2. The Morgan fingerprint density at radius 3 is 0.771 bits per heavy atom. The molecule has 0 aliphatic heterocycles. The molecule has 0 aromatic rings. The Labute approximate surface area is 271 Å².